The molecule has 0 saturated carbocycles. The highest BCUT2D eigenvalue weighted by atomic mass is 35.5. The average Bonchev–Trinajstić information content (AvgIpc) is 3.15. The zero-order chi connectivity index (χ0) is 12.8. The van der Waals surface area contributed by atoms with Gasteiger partial charge >= 0.3 is 0 Å². The van der Waals surface area contributed by atoms with Crippen LogP contribution in [0.1, 0.15) is 31.0 Å². The number of hydrogen-bond donors (Lipinski definition) is 2. The molecular weight excluding hydrogens is 258 g/mol. The monoisotopic (exact) mass is 273 g/mol. The van der Waals surface area contributed by atoms with Gasteiger partial charge in [-0.3, -0.25) is 0 Å². The van der Waals surface area contributed by atoms with Crippen LogP contribution >= 0.6 is 11.6 Å². The first kappa shape index (κ1) is 11.5. The van der Waals surface area contributed by atoms with Crippen molar-refractivity contribution in [2.45, 2.75) is 37.3 Å². The van der Waals surface area contributed by atoms with Crippen molar-refractivity contribution < 1.29 is 0 Å². The number of rotatable bonds is 2. The van der Waals surface area contributed by atoms with E-state index < -0.39 is 0 Å². The summed E-state index contributed by atoms with van der Waals surface area (Å²) in [4.78, 5) is 8.04. The summed E-state index contributed by atoms with van der Waals surface area (Å²) in [6.45, 7) is 0. The molecule has 1 aromatic heterocycles. The van der Waals surface area contributed by atoms with Crippen LogP contribution in [0.4, 0.5) is 0 Å². The fourth-order valence-electron chi connectivity index (χ4n) is 3.47. The van der Waals surface area contributed by atoms with E-state index >= 15 is 0 Å². The third-order valence-corrected chi connectivity index (χ3v) is 4.74. The lowest BCUT2D eigenvalue weighted by Gasteiger charge is -2.17. The number of halogens is 1. The highest BCUT2D eigenvalue weighted by Crippen LogP contribution is 2.39. The van der Waals surface area contributed by atoms with Crippen molar-refractivity contribution >= 4 is 11.6 Å². The van der Waals surface area contributed by atoms with E-state index in [2.05, 4.69) is 15.3 Å². The van der Waals surface area contributed by atoms with Crippen LogP contribution in [0.15, 0.2) is 30.5 Å². The van der Waals surface area contributed by atoms with Crippen molar-refractivity contribution in [2.24, 2.45) is 0 Å². The van der Waals surface area contributed by atoms with Crippen LogP contribution in [-0.4, -0.2) is 22.1 Å². The summed E-state index contributed by atoms with van der Waals surface area (Å²) in [5.74, 6) is 1.64. The van der Waals surface area contributed by atoms with Crippen molar-refractivity contribution in [2.75, 3.05) is 0 Å². The van der Waals surface area contributed by atoms with Gasteiger partial charge in [-0.15, -0.1) is 0 Å². The number of fused-ring (bicyclic) bond motifs is 2. The van der Waals surface area contributed by atoms with E-state index in [0.29, 0.717) is 18.0 Å². The summed E-state index contributed by atoms with van der Waals surface area (Å²) < 4.78 is 0. The number of nitrogens with zero attached hydrogens (tertiary/aromatic N) is 1. The maximum absolute atomic E-state index is 6.23. The van der Waals surface area contributed by atoms with Gasteiger partial charge in [-0.05, 0) is 25.3 Å². The highest BCUT2D eigenvalue weighted by molar-refractivity contribution is 6.33. The maximum Gasteiger partial charge on any atom is 0.111 e. The Kier molecular flexibility index (Phi) is 2.64. The molecule has 0 radical (unpaired) electrons. The van der Waals surface area contributed by atoms with Crippen LogP contribution in [-0.2, 0) is 0 Å². The van der Waals surface area contributed by atoms with Crippen LogP contribution in [0.2, 0.25) is 5.02 Å². The Morgan fingerprint density at radius 2 is 2.11 bits per heavy atom. The van der Waals surface area contributed by atoms with Gasteiger partial charge in [0, 0.05) is 28.6 Å². The second kappa shape index (κ2) is 4.36. The molecule has 19 heavy (non-hydrogen) atoms. The van der Waals surface area contributed by atoms with Crippen LogP contribution in [0.3, 0.4) is 0 Å². The SMILES string of the molecule is Clc1ccccc1-c1cnc(C2CC3CCC2N3)[nH]1. The lowest BCUT2D eigenvalue weighted by atomic mass is 9.89. The second-order valence-corrected chi connectivity index (χ2v) is 5.96. The zero-order valence-corrected chi connectivity index (χ0v) is 11.3. The van der Waals surface area contributed by atoms with Crippen LogP contribution in [0.5, 0.6) is 0 Å². The molecule has 2 aromatic rings. The number of benzene rings is 1. The van der Waals surface area contributed by atoms with E-state index in [9.17, 15) is 0 Å². The van der Waals surface area contributed by atoms with Crippen LogP contribution < -0.4 is 5.32 Å². The van der Waals surface area contributed by atoms with E-state index in [-0.39, 0.29) is 0 Å². The first-order chi connectivity index (χ1) is 9.31. The number of nitrogens with one attached hydrogen (secondary N) is 2. The molecule has 98 valence electrons. The van der Waals surface area contributed by atoms with Gasteiger partial charge in [0.2, 0.25) is 0 Å². The third-order valence-electron chi connectivity index (χ3n) is 4.41. The Bertz CT molecular complexity index is 607. The molecule has 2 fully saturated rings. The van der Waals surface area contributed by atoms with Gasteiger partial charge in [-0.2, -0.15) is 0 Å². The average molecular weight is 274 g/mol. The molecule has 4 rings (SSSR count). The molecule has 2 saturated heterocycles. The van der Waals surface area contributed by atoms with Crippen molar-refractivity contribution in [1.29, 1.82) is 0 Å². The van der Waals surface area contributed by atoms with E-state index in [4.69, 9.17) is 11.6 Å². The molecule has 0 spiro atoms. The molecular formula is C15H16ClN3. The van der Waals surface area contributed by atoms with Gasteiger partial charge in [0.05, 0.1) is 11.9 Å². The first-order valence-electron chi connectivity index (χ1n) is 6.87. The quantitative estimate of drug-likeness (QED) is 0.881. The lowest BCUT2D eigenvalue weighted by molar-refractivity contribution is 0.490. The Morgan fingerprint density at radius 1 is 1.21 bits per heavy atom. The fourth-order valence-corrected chi connectivity index (χ4v) is 3.71. The smallest absolute Gasteiger partial charge is 0.111 e. The minimum atomic E-state index is 0.537. The van der Waals surface area contributed by atoms with Crippen molar-refractivity contribution in [3.8, 4) is 11.3 Å². The predicted molar refractivity (Wildman–Crippen MR) is 76.3 cm³/mol. The molecule has 4 heteroatoms. The molecule has 2 bridgehead atoms. The summed E-state index contributed by atoms with van der Waals surface area (Å²) in [5, 5.41) is 4.42. The second-order valence-electron chi connectivity index (χ2n) is 5.55. The minimum Gasteiger partial charge on any atom is -0.342 e. The standard InChI is InChI=1S/C15H16ClN3/c16-12-4-2-1-3-10(12)14-8-17-15(19-14)11-7-9-5-6-13(11)18-9/h1-4,8-9,11,13,18H,5-7H2,(H,17,19). The van der Waals surface area contributed by atoms with E-state index in [0.717, 1.165) is 22.1 Å². The topological polar surface area (TPSA) is 40.7 Å². The molecule has 0 amide bonds. The van der Waals surface area contributed by atoms with E-state index in [1.807, 2.05) is 30.5 Å². The largest absolute Gasteiger partial charge is 0.342 e. The molecule has 0 aliphatic carbocycles. The Hall–Kier alpha value is -1.32. The molecule has 2 N–H and O–H groups in total. The molecule has 1 aromatic carbocycles. The third kappa shape index (κ3) is 1.88. The first-order valence-corrected chi connectivity index (χ1v) is 7.25. The Labute approximate surface area is 117 Å². The number of imidazole rings is 1. The summed E-state index contributed by atoms with van der Waals surface area (Å²) in [6, 6.07) is 9.19. The predicted octanol–water partition coefficient (Wildman–Crippen LogP) is 3.34. The van der Waals surface area contributed by atoms with Crippen molar-refractivity contribution in [3.05, 3.63) is 41.3 Å². The Morgan fingerprint density at radius 3 is 2.84 bits per heavy atom. The van der Waals surface area contributed by atoms with Crippen LogP contribution in [0, 0.1) is 0 Å². The summed E-state index contributed by atoms with van der Waals surface area (Å²) in [7, 11) is 0. The highest BCUT2D eigenvalue weighted by Gasteiger charge is 2.41. The molecule has 2 aliphatic rings. The summed E-state index contributed by atoms with van der Waals surface area (Å²) in [5.41, 5.74) is 2.04. The van der Waals surface area contributed by atoms with Crippen LogP contribution in [0.25, 0.3) is 11.3 Å². The van der Waals surface area contributed by atoms with E-state index in [1.54, 1.807) is 0 Å². The van der Waals surface area contributed by atoms with E-state index in [1.165, 1.54) is 19.3 Å². The molecule has 3 nitrogen and oxygen atoms in total. The van der Waals surface area contributed by atoms with Gasteiger partial charge in [-0.1, -0.05) is 29.8 Å². The number of hydrogen-bond acceptors (Lipinski definition) is 2. The van der Waals surface area contributed by atoms with Crippen molar-refractivity contribution in [3.63, 3.8) is 0 Å². The summed E-state index contributed by atoms with van der Waals surface area (Å²) in [6.07, 6.45) is 5.71. The molecule has 3 heterocycles. The fraction of sp³-hybridized carbons (Fsp3) is 0.400. The number of H-pyrrole nitrogens is 1. The number of aromatic amines is 1. The van der Waals surface area contributed by atoms with Gasteiger partial charge < -0.3 is 10.3 Å². The van der Waals surface area contributed by atoms with Crippen molar-refractivity contribution in [1.82, 2.24) is 15.3 Å². The molecule has 3 unspecified atom stereocenters. The van der Waals surface area contributed by atoms with Gasteiger partial charge in [0.1, 0.15) is 5.82 Å². The zero-order valence-electron chi connectivity index (χ0n) is 10.6. The minimum absolute atomic E-state index is 0.537. The van der Waals surface area contributed by atoms with Gasteiger partial charge in [0.25, 0.3) is 0 Å². The molecule has 2 aliphatic heterocycles. The summed E-state index contributed by atoms with van der Waals surface area (Å²) >= 11 is 6.23. The molecule has 3 atom stereocenters. The normalized spacial score (nSPS) is 29.0. The maximum atomic E-state index is 6.23. The van der Waals surface area contributed by atoms with Gasteiger partial charge in [-0.25, -0.2) is 4.98 Å². The number of aromatic nitrogens is 2. The Balaban J connectivity index is 1.65. The van der Waals surface area contributed by atoms with Gasteiger partial charge in [0.15, 0.2) is 0 Å². The lowest BCUT2D eigenvalue weighted by Crippen LogP contribution is -2.22.